The van der Waals surface area contributed by atoms with E-state index in [1.165, 1.54) is 16.7 Å². The van der Waals surface area contributed by atoms with Crippen LogP contribution in [-0.4, -0.2) is 6.04 Å². The van der Waals surface area contributed by atoms with Crippen LogP contribution >= 0.6 is 15.9 Å². The van der Waals surface area contributed by atoms with Crippen molar-refractivity contribution in [3.63, 3.8) is 0 Å². The maximum atomic E-state index is 6.23. The summed E-state index contributed by atoms with van der Waals surface area (Å²) < 4.78 is 0. The molecule has 0 aliphatic carbocycles. The smallest absolute Gasteiger partial charge is 0.0285 e. The van der Waals surface area contributed by atoms with Crippen LogP contribution in [0.5, 0.6) is 0 Å². The first-order chi connectivity index (χ1) is 9.29. The van der Waals surface area contributed by atoms with E-state index in [1.54, 1.807) is 0 Å². The first-order valence-electron chi connectivity index (χ1n) is 6.72. The van der Waals surface area contributed by atoms with E-state index in [9.17, 15) is 0 Å². The minimum absolute atomic E-state index is 0.228. The number of halogens is 1. The van der Waals surface area contributed by atoms with Crippen molar-refractivity contribution in [3.05, 3.63) is 71.3 Å². The second-order valence-corrected chi connectivity index (χ2v) is 5.45. The Bertz CT molecular complexity index is 496. The van der Waals surface area contributed by atoms with Gasteiger partial charge in [-0.25, -0.2) is 0 Å². The molecule has 0 aliphatic heterocycles. The maximum Gasteiger partial charge on any atom is 0.0285 e. The molecule has 2 aromatic rings. The monoisotopic (exact) mass is 317 g/mol. The minimum Gasteiger partial charge on any atom is -0.327 e. The summed E-state index contributed by atoms with van der Waals surface area (Å²) in [5, 5.41) is 0.914. The molecule has 0 bridgehead atoms. The van der Waals surface area contributed by atoms with E-state index in [2.05, 4.69) is 64.5 Å². The number of nitrogens with two attached hydrogens (primary N) is 1. The predicted octanol–water partition coefficient (Wildman–Crippen LogP) is 4.08. The normalized spacial score (nSPS) is 12.3. The summed E-state index contributed by atoms with van der Waals surface area (Å²) in [6.45, 7) is 0. The summed E-state index contributed by atoms with van der Waals surface area (Å²) >= 11 is 3.54. The third-order valence-electron chi connectivity index (χ3n) is 3.39. The van der Waals surface area contributed by atoms with E-state index in [-0.39, 0.29) is 6.04 Å². The molecule has 2 aromatic carbocycles. The second kappa shape index (κ2) is 7.46. The Morgan fingerprint density at radius 2 is 1.53 bits per heavy atom. The van der Waals surface area contributed by atoms with Gasteiger partial charge < -0.3 is 5.73 Å². The highest BCUT2D eigenvalue weighted by molar-refractivity contribution is 9.08. The lowest BCUT2D eigenvalue weighted by Crippen LogP contribution is -2.23. The Morgan fingerprint density at radius 1 is 0.895 bits per heavy atom. The van der Waals surface area contributed by atoms with E-state index in [4.69, 9.17) is 5.73 Å². The molecule has 0 radical (unpaired) electrons. The first-order valence-corrected chi connectivity index (χ1v) is 7.84. The van der Waals surface area contributed by atoms with Crippen molar-refractivity contribution in [2.24, 2.45) is 5.73 Å². The van der Waals surface area contributed by atoms with Crippen molar-refractivity contribution in [1.29, 1.82) is 0 Å². The number of rotatable bonds is 6. The Morgan fingerprint density at radius 3 is 2.21 bits per heavy atom. The van der Waals surface area contributed by atoms with Gasteiger partial charge in [0.2, 0.25) is 0 Å². The number of hydrogen-bond acceptors (Lipinski definition) is 1. The largest absolute Gasteiger partial charge is 0.327 e. The van der Waals surface area contributed by atoms with Gasteiger partial charge in [0.15, 0.2) is 0 Å². The van der Waals surface area contributed by atoms with Crippen molar-refractivity contribution < 1.29 is 0 Å². The Kier molecular flexibility index (Phi) is 5.62. The van der Waals surface area contributed by atoms with Gasteiger partial charge in [-0.2, -0.15) is 0 Å². The van der Waals surface area contributed by atoms with E-state index in [0.717, 1.165) is 24.6 Å². The number of hydrogen-bond donors (Lipinski definition) is 1. The van der Waals surface area contributed by atoms with Gasteiger partial charge in [-0.1, -0.05) is 70.5 Å². The summed E-state index contributed by atoms with van der Waals surface area (Å²) in [6, 6.07) is 19.3. The van der Waals surface area contributed by atoms with Gasteiger partial charge >= 0.3 is 0 Å². The molecule has 19 heavy (non-hydrogen) atoms. The highest BCUT2D eigenvalue weighted by Crippen LogP contribution is 2.15. The number of aryl methyl sites for hydroxylation is 1. The average molecular weight is 318 g/mol. The van der Waals surface area contributed by atoms with Crippen LogP contribution in [0.2, 0.25) is 0 Å². The third kappa shape index (κ3) is 4.48. The van der Waals surface area contributed by atoms with Gasteiger partial charge in [0.25, 0.3) is 0 Å². The average Bonchev–Trinajstić information content (AvgIpc) is 2.46. The maximum absolute atomic E-state index is 6.23. The fraction of sp³-hybridized carbons (Fsp3) is 0.294. The van der Waals surface area contributed by atoms with Crippen molar-refractivity contribution >= 4 is 15.9 Å². The van der Waals surface area contributed by atoms with Crippen LogP contribution in [0.4, 0.5) is 0 Å². The molecule has 2 N–H and O–H groups in total. The van der Waals surface area contributed by atoms with Crippen LogP contribution in [0.15, 0.2) is 54.6 Å². The Labute approximate surface area is 124 Å². The molecule has 0 amide bonds. The summed E-state index contributed by atoms with van der Waals surface area (Å²) in [6.07, 6.45) is 3.03. The first kappa shape index (κ1) is 14.3. The standard InChI is InChI=1S/C17H20BrN/c18-13-16-9-5-4-8-15(16)10-11-17(19)12-14-6-2-1-3-7-14/h1-9,17H,10-13,19H2. The van der Waals surface area contributed by atoms with Gasteiger partial charge in [-0.3, -0.25) is 0 Å². The van der Waals surface area contributed by atoms with Gasteiger partial charge in [-0.05, 0) is 36.0 Å². The molecule has 1 nitrogen and oxygen atoms in total. The fourth-order valence-corrected chi connectivity index (χ4v) is 2.84. The summed E-state index contributed by atoms with van der Waals surface area (Å²) in [5.74, 6) is 0. The van der Waals surface area contributed by atoms with Crippen LogP contribution in [0.25, 0.3) is 0 Å². The van der Waals surface area contributed by atoms with E-state index < -0.39 is 0 Å². The lowest BCUT2D eigenvalue weighted by molar-refractivity contribution is 0.609. The fourth-order valence-electron chi connectivity index (χ4n) is 2.29. The van der Waals surface area contributed by atoms with E-state index >= 15 is 0 Å². The molecule has 0 fully saturated rings. The SMILES string of the molecule is NC(CCc1ccccc1CBr)Cc1ccccc1. The van der Waals surface area contributed by atoms with Gasteiger partial charge in [0, 0.05) is 11.4 Å². The Hall–Kier alpha value is -1.12. The topological polar surface area (TPSA) is 26.0 Å². The molecule has 1 atom stereocenters. The van der Waals surface area contributed by atoms with Crippen molar-refractivity contribution in [1.82, 2.24) is 0 Å². The highest BCUT2D eigenvalue weighted by Gasteiger charge is 2.06. The zero-order valence-electron chi connectivity index (χ0n) is 11.1. The van der Waals surface area contributed by atoms with Crippen LogP contribution in [0.1, 0.15) is 23.1 Å². The lowest BCUT2D eigenvalue weighted by Gasteiger charge is -2.13. The molecule has 0 aromatic heterocycles. The Balaban J connectivity index is 1.88. The summed E-state index contributed by atoms with van der Waals surface area (Å²) in [7, 11) is 0. The molecule has 2 rings (SSSR count). The minimum atomic E-state index is 0.228. The molecule has 2 heteroatoms. The second-order valence-electron chi connectivity index (χ2n) is 4.89. The number of alkyl halides is 1. The van der Waals surface area contributed by atoms with Gasteiger partial charge in [-0.15, -0.1) is 0 Å². The molecular weight excluding hydrogens is 298 g/mol. The number of benzene rings is 2. The molecule has 1 unspecified atom stereocenters. The zero-order chi connectivity index (χ0) is 13.5. The van der Waals surface area contributed by atoms with E-state index in [0.29, 0.717) is 0 Å². The third-order valence-corrected chi connectivity index (χ3v) is 3.99. The van der Waals surface area contributed by atoms with Crippen LogP contribution in [0.3, 0.4) is 0 Å². The highest BCUT2D eigenvalue weighted by atomic mass is 79.9. The van der Waals surface area contributed by atoms with Crippen LogP contribution < -0.4 is 5.73 Å². The molecule has 0 heterocycles. The van der Waals surface area contributed by atoms with Crippen molar-refractivity contribution in [3.8, 4) is 0 Å². The van der Waals surface area contributed by atoms with E-state index in [1.807, 2.05) is 6.07 Å². The van der Waals surface area contributed by atoms with Crippen LogP contribution in [-0.2, 0) is 18.2 Å². The molecular formula is C17H20BrN. The van der Waals surface area contributed by atoms with Crippen molar-refractivity contribution in [2.75, 3.05) is 0 Å². The van der Waals surface area contributed by atoms with Gasteiger partial charge in [0.1, 0.15) is 0 Å². The summed E-state index contributed by atoms with van der Waals surface area (Å²) in [4.78, 5) is 0. The lowest BCUT2D eigenvalue weighted by atomic mass is 9.98. The van der Waals surface area contributed by atoms with Gasteiger partial charge in [0.05, 0.1) is 0 Å². The van der Waals surface area contributed by atoms with Crippen molar-refractivity contribution in [2.45, 2.75) is 30.6 Å². The van der Waals surface area contributed by atoms with Crippen LogP contribution in [0, 0.1) is 0 Å². The summed E-state index contributed by atoms with van der Waals surface area (Å²) in [5.41, 5.74) is 10.3. The molecule has 100 valence electrons. The molecule has 0 aliphatic rings. The zero-order valence-corrected chi connectivity index (χ0v) is 12.6. The molecule has 0 spiro atoms. The molecule has 0 saturated carbocycles. The molecule has 0 saturated heterocycles. The quantitative estimate of drug-likeness (QED) is 0.798. The predicted molar refractivity (Wildman–Crippen MR) is 85.5 cm³/mol.